The molecule has 2 N–H and O–H groups in total. The van der Waals surface area contributed by atoms with Crippen LogP contribution in [0.5, 0.6) is 5.75 Å². The highest BCUT2D eigenvalue weighted by Gasteiger charge is 2.60. The molecule has 0 unspecified atom stereocenters. The van der Waals surface area contributed by atoms with E-state index in [-0.39, 0.29) is 24.1 Å². The monoisotopic (exact) mass is 376 g/mol. The van der Waals surface area contributed by atoms with Gasteiger partial charge in [0, 0.05) is 6.54 Å². The van der Waals surface area contributed by atoms with Crippen molar-refractivity contribution in [1.82, 2.24) is 9.03 Å². The summed E-state index contributed by atoms with van der Waals surface area (Å²) in [6.45, 7) is -1.61. The molecule has 5 nitrogen and oxygen atoms in total. The van der Waals surface area contributed by atoms with E-state index in [1.807, 2.05) is 6.07 Å². The number of benzene rings is 1. The Morgan fingerprint density at radius 2 is 1.84 bits per heavy atom. The van der Waals surface area contributed by atoms with Crippen molar-refractivity contribution in [2.24, 2.45) is 11.8 Å². The molecule has 2 fully saturated rings. The lowest BCUT2D eigenvalue weighted by Gasteiger charge is -2.33. The number of aromatic hydroxyl groups is 1. The Hall–Kier alpha value is -1.32. The fraction of sp³-hybridized carbons (Fsp3) is 0.625. The van der Waals surface area contributed by atoms with Crippen LogP contribution in [0.4, 0.5) is 13.2 Å². The second-order valence-corrected chi connectivity index (χ2v) is 9.03. The highest BCUT2D eigenvalue weighted by Crippen LogP contribution is 2.50. The SMILES string of the molecule is O=S1(=O)N[C@]2(CN1CC(F)(F)F)[C@@H]1CC[C@H]2Cc2cc(O)ccc2C1. The van der Waals surface area contributed by atoms with Crippen LogP contribution in [-0.2, 0) is 23.1 Å². The summed E-state index contributed by atoms with van der Waals surface area (Å²) in [7, 11) is -4.15. The summed E-state index contributed by atoms with van der Waals surface area (Å²) >= 11 is 0. The molecule has 3 atom stereocenters. The highest BCUT2D eigenvalue weighted by molar-refractivity contribution is 7.87. The Bertz CT molecular complexity index is 811. The van der Waals surface area contributed by atoms with Gasteiger partial charge in [0.2, 0.25) is 0 Å². The molecule has 3 aliphatic rings. The minimum Gasteiger partial charge on any atom is -0.508 e. The first kappa shape index (κ1) is 17.1. The molecule has 0 aromatic heterocycles. The maximum atomic E-state index is 12.8. The first-order valence-electron chi connectivity index (χ1n) is 8.26. The molecule has 0 radical (unpaired) electrons. The van der Waals surface area contributed by atoms with Gasteiger partial charge >= 0.3 is 6.18 Å². The third-order valence-electron chi connectivity index (χ3n) is 5.90. The molecule has 1 heterocycles. The van der Waals surface area contributed by atoms with Gasteiger partial charge in [0.25, 0.3) is 10.2 Å². The average molecular weight is 376 g/mol. The lowest BCUT2D eigenvalue weighted by Crippen LogP contribution is -2.52. The predicted molar refractivity (Wildman–Crippen MR) is 84.1 cm³/mol. The van der Waals surface area contributed by atoms with Gasteiger partial charge in [0.1, 0.15) is 12.3 Å². The summed E-state index contributed by atoms with van der Waals surface area (Å²) in [5.41, 5.74) is 1.14. The molecule has 1 aromatic rings. The minimum atomic E-state index is -4.57. The quantitative estimate of drug-likeness (QED) is 0.787. The summed E-state index contributed by atoms with van der Waals surface area (Å²) in [5, 5.41) is 9.72. The van der Waals surface area contributed by atoms with E-state index < -0.39 is 28.5 Å². The molecule has 1 aromatic carbocycles. The molecular formula is C16H19F3N2O3S. The van der Waals surface area contributed by atoms with Crippen molar-refractivity contribution in [1.29, 1.82) is 0 Å². The van der Waals surface area contributed by atoms with Crippen LogP contribution in [0.25, 0.3) is 0 Å². The van der Waals surface area contributed by atoms with Crippen LogP contribution in [-0.4, -0.2) is 42.6 Å². The van der Waals surface area contributed by atoms with Gasteiger partial charge < -0.3 is 5.11 Å². The molecule has 1 saturated heterocycles. The van der Waals surface area contributed by atoms with Crippen molar-refractivity contribution in [3.8, 4) is 5.75 Å². The van der Waals surface area contributed by atoms with E-state index in [4.69, 9.17) is 0 Å². The number of hydrogen-bond donors (Lipinski definition) is 2. The Labute approximate surface area is 144 Å². The summed E-state index contributed by atoms with van der Waals surface area (Å²) in [4.78, 5) is 0. The second kappa shape index (κ2) is 5.34. The van der Waals surface area contributed by atoms with Gasteiger partial charge in [0.15, 0.2) is 0 Å². The summed E-state index contributed by atoms with van der Waals surface area (Å²) in [6, 6.07) is 5.11. The Balaban J connectivity index is 1.70. The molecule has 1 saturated carbocycles. The van der Waals surface area contributed by atoms with Crippen LogP contribution < -0.4 is 4.72 Å². The number of hydrogen-bond acceptors (Lipinski definition) is 3. The van der Waals surface area contributed by atoms with E-state index >= 15 is 0 Å². The van der Waals surface area contributed by atoms with E-state index in [0.717, 1.165) is 24.0 Å². The Morgan fingerprint density at radius 1 is 1.20 bits per heavy atom. The third-order valence-corrected chi connectivity index (χ3v) is 7.47. The summed E-state index contributed by atoms with van der Waals surface area (Å²) in [5.74, 6) is 0.0288. The lowest BCUT2D eigenvalue weighted by molar-refractivity contribution is -0.136. The lowest BCUT2D eigenvalue weighted by atomic mass is 9.79. The van der Waals surface area contributed by atoms with E-state index in [1.54, 1.807) is 12.1 Å². The maximum absolute atomic E-state index is 12.8. The van der Waals surface area contributed by atoms with Crippen molar-refractivity contribution >= 4 is 10.2 Å². The van der Waals surface area contributed by atoms with Crippen LogP contribution in [0.15, 0.2) is 18.2 Å². The third kappa shape index (κ3) is 2.82. The topological polar surface area (TPSA) is 69.6 Å². The minimum absolute atomic E-state index is 0.0451. The first-order valence-corrected chi connectivity index (χ1v) is 9.70. The molecule has 138 valence electrons. The summed E-state index contributed by atoms with van der Waals surface area (Å²) < 4.78 is 66.2. The van der Waals surface area contributed by atoms with Crippen LogP contribution in [0.2, 0.25) is 0 Å². The normalized spacial score (nSPS) is 34.2. The largest absolute Gasteiger partial charge is 0.508 e. The number of rotatable bonds is 1. The Kier molecular flexibility index (Phi) is 3.66. The maximum Gasteiger partial charge on any atom is 0.402 e. The van der Waals surface area contributed by atoms with E-state index in [2.05, 4.69) is 4.72 Å². The molecular weight excluding hydrogens is 357 g/mol. The highest BCUT2D eigenvalue weighted by atomic mass is 32.2. The smallest absolute Gasteiger partial charge is 0.402 e. The number of fused-ring (bicyclic) bond motifs is 1. The standard InChI is InChI=1S/C16H19F3N2O3S/c17-16(18,19)9-21-8-15(20-25(21,23)24)12-2-3-13(15)6-11-7-14(22)4-1-10(11)5-12/h1,4,7,12-13,20,22H,2-3,5-6,8-9H2/t12-,13+,15-/m1/s1. The summed E-state index contributed by atoms with van der Waals surface area (Å²) in [6.07, 6.45) is -1.86. The van der Waals surface area contributed by atoms with Crippen molar-refractivity contribution in [3.63, 3.8) is 0 Å². The molecule has 2 aliphatic carbocycles. The zero-order valence-electron chi connectivity index (χ0n) is 13.4. The van der Waals surface area contributed by atoms with E-state index in [9.17, 15) is 26.7 Å². The molecule has 1 aliphatic heterocycles. The molecule has 2 bridgehead atoms. The zero-order chi connectivity index (χ0) is 18.0. The van der Waals surface area contributed by atoms with Crippen LogP contribution in [0.1, 0.15) is 24.0 Å². The van der Waals surface area contributed by atoms with E-state index in [1.165, 1.54) is 0 Å². The van der Waals surface area contributed by atoms with Gasteiger partial charge in [-0.25, -0.2) is 0 Å². The molecule has 0 amide bonds. The molecule has 4 rings (SSSR count). The van der Waals surface area contributed by atoms with Gasteiger partial charge in [-0.3, -0.25) is 0 Å². The number of nitrogens with zero attached hydrogens (tertiary/aromatic N) is 1. The van der Waals surface area contributed by atoms with Gasteiger partial charge in [-0.2, -0.15) is 30.6 Å². The van der Waals surface area contributed by atoms with Gasteiger partial charge in [0.05, 0.1) is 5.54 Å². The first-order chi connectivity index (χ1) is 11.6. The van der Waals surface area contributed by atoms with Crippen molar-refractivity contribution in [2.45, 2.75) is 37.4 Å². The van der Waals surface area contributed by atoms with Crippen molar-refractivity contribution < 1.29 is 26.7 Å². The molecule has 1 spiro atoms. The number of nitrogens with one attached hydrogen (secondary N) is 1. The number of halogens is 3. The van der Waals surface area contributed by atoms with Gasteiger partial charge in [-0.1, -0.05) is 6.07 Å². The van der Waals surface area contributed by atoms with Crippen LogP contribution in [0, 0.1) is 11.8 Å². The van der Waals surface area contributed by atoms with Crippen molar-refractivity contribution in [3.05, 3.63) is 29.3 Å². The average Bonchev–Trinajstić information content (AvgIpc) is 2.84. The molecule has 9 heteroatoms. The van der Waals surface area contributed by atoms with Crippen LogP contribution in [0.3, 0.4) is 0 Å². The zero-order valence-corrected chi connectivity index (χ0v) is 14.2. The Morgan fingerprint density at radius 3 is 2.48 bits per heavy atom. The number of phenols is 1. The van der Waals surface area contributed by atoms with E-state index in [0.29, 0.717) is 17.1 Å². The number of phenolic OH excluding ortho intramolecular Hbond substituents is 1. The number of alkyl halides is 3. The van der Waals surface area contributed by atoms with Crippen molar-refractivity contribution in [2.75, 3.05) is 13.1 Å². The fourth-order valence-electron chi connectivity index (χ4n) is 4.83. The van der Waals surface area contributed by atoms with Crippen LogP contribution >= 0.6 is 0 Å². The van der Waals surface area contributed by atoms with Gasteiger partial charge in [-0.05, 0) is 60.8 Å². The molecule has 25 heavy (non-hydrogen) atoms. The van der Waals surface area contributed by atoms with Gasteiger partial charge in [-0.15, -0.1) is 0 Å². The predicted octanol–water partition coefficient (Wildman–Crippen LogP) is 1.97. The second-order valence-electron chi connectivity index (χ2n) is 7.36. The fourth-order valence-corrected chi connectivity index (χ4v) is 6.54.